The summed E-state index contributed by atoms with van der Waals surface area (Å²) in [5, 5.41) is 5.02. The standard InChI is InChI=1S/C13H18N2O3S/c1-15(11-5-6-11)13(16)9-4-10-2-7-12(8-3-10)19(14,17)18/h2-3,7-8,11H,4-6,9H2,1H3,(H2,14,17,18). The smallest absolute Gasteiger partial charge is 0.238 e. The first-order valence-electron chi connectivity index (χ1n) is 6.25. The van der Waals surface area contributed by atoms with Gasteiger partial charge in [0, 0.05) is 19.5 Å². The number of benzene rings is 1. The molecule has 1 fully saturated rings. The summed E-state index contributed by atoms with van der Waals surface area (Å²) in [4.78, 5) is 13.7. The van der Waals surface area contributed by atoms with Crippen LogP contribution in [0.3, 0.4) is 0 Å². The summed E-state index contributed by atoms with van der Waals surface area (Å²) in [7, 11) is -1.81. The molecule has 6 heteroatoms. The van der Waals surface area contributed by atoms with E-state index in [1.807, 2.05) is 7.05 Å². The Bertz CT molecular complexity index is 562. The molecule has 1 aliphatic carbocycles. The van der Waals surface area contributed by atoms with E-state index in [-0.39, 0.29) is 10.8 Å². The van der Waals surface area contributed by atoms with Gasteiger partial charge in [-0.25, -0.2) is 13.6 Å². The largest absolute Gasteiger partial charge is 0.343 e. The van der Waals surface area contributed by atoms with E-state index in [0.29, 0.717) is 18.9 Å². The van der Waals surface area contributed by atoms with Gasteiger partial charge in [0.1, 0.15) is 0 Å². The average Bonchev–Trinajstić information content (AvgIpc) is 3.18. The molecule has 0 atom stereocenters. The molecule has 1 aliphatic rings. The van der Waals surface area contributed by atoms with Crippen LogP contribution in [0, 0.1) is 0 Å². The molecular formula is C13H18N2O3S. The molecule has 2 rings (SSSR count). The Morgan fingerprint density at radius 3 is 2.37 bits per heavy atom. The molecule has 1 aromatic carbocycles. The second-order valence-electron chi connectivity index (χ2n) is 4.92. The highest BCUT2D eigenvalue weighted by atomic mass is 32.2. The average molecular weight is 282 g/mol. The van der Waals surface area contributed by atoms with Crippen LogP contribution >= 0.6 is 0 Å². The van der Waals surface area contributed by atoms with Crippen LogP contribution in [0.15, 0.2) is 29.2 Å². The van der Waals surface area contributed by atoms with Crippen LogP contribution in [0.4, 0.5) is 0 Å². The zero-order chi connectivity index (χ0) is 14.0. The molecule has 0 bridgehead atoms. The summed E-state index contributed by atoms with van der Waals surface area (Å²) < 4.78 is 22.2. The Balaban J connectivity index is 1.91. The number of hydrogen-bond acceptors (Lipinski definition) is 3. The molecule has 0 spiro atoms. The molecule has 5 nitrogen and oxygen atoms in total. The van der Waals surface area contributed by atoms with Crippen LogP contribution in [-0.4, -0.2) is 32.3 Å². The number of sulfonamides is 1. The molecule has 104 valence electrons. The van der Waals surface area contributed by atoms with Gasteiger partial charge in [-0.05, 0) is 37.0 Å². The van der Waals surface area contributed by atoms with Crippen molar-refractivity contribution in [3.05, 3.63) is 29.8 Å². The quantitative estimate of drug-likeness (QED) is 0.870. The Kier molecular flexibility index (Phi) is 3.91. The van der Waals surface area contributed by atoms with Gasteiger partial charge in [0.2, 0.25) is 15.9 Å². The van der Waals surface area contributed by atoms with Crippen molar-refractivity contribution in [1.29, 1.82) is 0 Å². The van der Waals surface area contributed by atoms with E-state index >= 15 is 0 Å². The lowest BCUT2D eigenvalue weighted by molar-refractivity contribution is -0.130. The van der Waals surface area contributed by atoms with Crippen LogP contribution < -0.4 is 5.14 Å². The SMILES string of the molecule is CN(C(=O)CCc1ccc(S(N)(=O)=O)cc1)C1CC1. The van der Waals surface area contributed by atoms with Crippen molar-refractivity contribution in [3.8, 4) is 0 Å². The fourth-order valence-corrected chi connectivity index (χ4v) is 2.45. The Morgan fingerprint density at radius 1 is 1.32 bits per heavy atom. The first-order valence-corrected chi connectivity index (χ1v) is 7.80. The second-order valence-corrected chi connectivity index (χ2v) is 6.49. The summed E-state index contributed by atoms with van der Waals surface area (Å²) >= 11 is 0. The zero-order valence-corrected chi connectivity index (χ0v) is 11.7. The highest BCUT2D eigenvalue weighted by molar-refractivity contribution is 7.89. The molecule has 0 saturated heterocycles. The highest BCUT2D eigenvalue weighted by Gasteiger charge is 2.28. The first kappa shape index (κ1) is 14.0. The molecular weight excluding hydrogens is 264 g/mol. The molecule has 0 radical (unpaired) electrons. The van der Waals surface area contributed by atoms with Crippen molar-refractivity contribution >= 4 is 15.9 Å². The van der Waals surface area contributed by atoms with Gasteiger partial charge in [0.25, 0.3) is 0 Å². The van der Waals surface area contributed by atoms with Crippen LogP contribution in [0.5, 0.6) is 0 Å². The number of amides is 1. The minimum Gasteiger partial charge on any atom is -0.343 e. The molecule has 1 amide bonds. The lowest BCUT2D eigenvalue weighted by atomic mass is 10.1. The first-order chi connectivity index (χ1) is 8.88. The van der Waals surface area contributed by atoms with Crippen molar-refractivity contribution in [3.63, 3.8) is 0 Å². The van der Waals surface area contributed by atoms with Gasteiger partial charge in [-0.15, -0.1) is 0 Å². The van der Waals surface area contributed by atoms with Crippen molar-refractivity contribution in [2.75, 3.05) is 7.05 Å². The van der Waals surface area contributed by atoms with Gasteiger partial charge in [-0.3, -0.25) is 4.79 Å². The number of carbonyl (C=O) groups excluding carboxylic acids is 1. The number of carbonyl (C=O) groups is 1. The summed E-state index contributed by atoms with van der Waals surface area (Å²) in [6, 6.07) is 6.77. The number of hydrogen-bond donors (Lipinski definition) is 1. The third kappa shape index (κ3) is 3.78. The topological polar surface area (TPSA) is 80.5 Å². The molecule has 0 heterocycles. The molecule has 0 unspecified atom stereocenters. The summed E-state index contributed by atoms with van der Waals surface area (Å²) in [6.45, 7) is 0. The van der Waals surface area contributed by atoms with E-state index < -0.39 is 10.0 Å². The van der Waals surface area contributed by atoms with Crippen LogP contribution in [0.2, 0.25) is 0 Å². The maximum atomic E-state index is 11.8. The van der Waals surface area contributed by atoms with Gasteiger partial charge in [-0.1, -0.05) is 12.1 Å². The van der Waals surface area contributed by atoms with Gasteiger partial charge in [-0.2, -0.15) is 0 Å². The third-order valence-electron chi connectivity index (χ3n) is 3.37. The molecule has 2 N–H and O–H groups in total. The van der Waals surface area contributed by atoms with Crippen molar-refractivity contribution < 1.29 is 13.2 Å². The number of primary sulfonamides is 1. The predicted molar refractivity (Wildman–Crippen MR) is 71.9 cm³/mol. The summed E-state index contributed by atoms with van der Waals surface area (Å²) in [5.41, 5.74) is 0.935. The maximum Gasteiger partial charge on any atom is 0.238 e. The summed E-state index contributed by atoms with van der Waals surface area (Å²) in [5.74, 6) is 0.137. The minimum atomic E-state index is -3.64. The Hall–Kier alpha value is -1.40. The Morgan fingerprint density at radius 2 is 1.89 bits per heavy atom. The molecule has 0 aliphatic heterocycles. The van der Waals surface area contributed by atoms with E-state index in [2.05, 4.69) is 0 Å². The molecule has 1 saturated carbocycles. The second kappa shape index (κ2) is 5.30. The van der Waals surface area contributed by atoms with Gasteiger partial charge in [0.15, 0.2) is 0 Å². The minimum absolute atomic E-state index is 0.0951. The lowest BCUT2D eigenvalue weighted by Crippen LogP contribution is -2.28. The van der Waals surface area contributed by atoms with E-state index in [0.717, 1.165) is 18.4 Å². The van der Waals surface area contributed by atoms with Crippen molar-refractivity contribution in [2.45, 2.75) is 36.6 Å². The van der Waals surface area contributed by atoms with E-state index in [1.165, 1.54) is 12.1 Å². The van der Waals surface area contributed by atoms with Crippen molar-refractivity contribution in [2.24, 2.45) is 5.14 Å². The maximum absolute atomic E-state index is 11.8. The summed E-state index contributed by atoms with van der Waals surface area (Å²) in [6.07, 6.45) is 3.26. The highest BCUT2D eigenvalue weighted by Crippen LogP contribution is 2.26. The fourth-order valence-electron chi connectivity index (χ4n) is 1.94. The van der Waals surface area contributed by atoms with Crippen LogP contribution in [0.25, 0.3) is 0 Å². The molecule has 0 aromatic heterocycles. The fraction of sp³-hybridized carbons (Fsp3) is 0.462. The number of nitrogens with zero attached hydrogens (tertiary/aromatic N) is 1. The lowest BCUT2D eigenvalue weighted by Gasteiger charge is -2.15. The van der Waals surface area contributed by atoms with E-state index in [1.54, 1.807) is 17.0 Å². The van der Waals surface area contributed by atoms with Crippen LogP contribution in [-0.2, 0) is 21.2 Å². The van der Waals surface area contributed by atoms with Gasteiger partial charge >= 0.3 is 0 Å². The van der Waals surface area contributed by atoms with E-state index in [4.69, 9.17) is 5.14 Å². The monoisotopic (exact) mass is 282 g/mol. The predicted octanol–water partition coefficient (Wildman–Crippen LogP) is 0.887. The number of nitrogens with two attached hydrogens (primary N) is 1. The zero-order valence-electron chi connectivity index (χ0n) is 10.9. The van der Waals surface area contributed by atoms with E-state index in [9.17, 15) is 13.2 Å². The van der Waals surface area contributed by atoms with Crippen LogP contribution in [0.1, 0.15) is 24.8 Å². The third-order valence-corrected chi connectivity index (χ3v) is 4.30. The normalized spacial score (nSPS) is 15.3. The number of aryl methyl sites for hydroxylation is 1. The molecule has 1 aromatic rings. The van der Waals surface area contributed by atoms with Gasteiger partial charge < -0.3 is 4.90 Å². The number of rotatable bonds is 5. The Labute approximate surface area is 113 Å². The molecule has 19 heavy (non-hydrogen) atoms. The van der Waals surface area contributed by atoms with Crippen molar-refractivity contribution in [1.82, 2.24) is 4.90 Å². The van der Waals surface area contributed by atoms with Gasteiger partial charge in [0.05, 0.1) is 4.90 Å².